The molecule has 0 aromatic heterocycles. The number of halogens is 1. The van der Waals surface area contributed by atoms with Gasteiger partial charge in [-0.3, -0.25) is 29.4 Å². The lowest BCUT2D eigenvalue weighted by molar-refractivity contribution is -0.384. The zero-order chi connectivity index (χ0) is 26.3. The van der Waals surface area contributed by atoms with Crippen molar-refractivity contribution in [1.82, 2.24) is 4.90 Å². The number of carbonyl (C=O) groups is 3. The summed E-state index contributed by atoms with van der Waals surface area (Å²) < 4.78 is 5.74. The number of anilines is 1. The van der Waals surface area contributed by atoms with Crippen molar-refractivity contribution in [2.24, 2.45) is 0 Å². The minimum atomic E-state index is -1.12. The van der Waals surface area contributed by atoms with Crippen LogP contribution in [0.2, 0.25) is 5.02 Å². The van der Waals surface area contributed by atoms with Gasteiger partial charge in [-0.1, -0.05) is 37.1 Å². The van der Waals surface area contributed by atoms with E-state index in [4.69, 9.17) is 16.3 Å². The van der Waals surface area contributed by atoms with E-state index >= 15 is 0 Å². The fourth-order valence-electron chi connectivity index (χ4n) is 4.66. The van der Waals surface area contributed by atoms with Crippen LogP contribution in [0.3, 0.4) is 0 Å². The fraction of sp³-hybridized carbons (Fsp3) is 0.222. The number of non-ortho nitro benzene ring substituents is 1. The zero-order valence-corrected chi connectivity index (χ0v) is 20.6. The molecule has 3 aromatic carbocycles. The van der Waals surface area contributed by atoms with Crippen LogP contribution in [0.5, 0.6) is 5.75 Å². The van der Waals surface area contributed by atoms with Gasteiger partial charge >= 0.3 is 0 Å². The van der Waals surface area contributed by atoms with Crippen molar-refractivity contribution in [1.29, 1.82) is 0 Å². The lowest BCUT2D eigenvalue weighted by Crippen LogP contribution is -2.67. The Morgan fingerprint density at radius 1 is 0.892 bits per heavy atom. The molecule has 2 atom stereocenters. The second kappa shape index (κ2) is 9.67. The minimum Gasteiger partial charge on any atom is -0.494 e. The van der Waals surface area contributed by atoms with Crippen LogP contribution in [-0.2, 0) is 4.79 Å². The van der Waals surface area contributed by atoms with Crippen LogP contribution < -0.4 is 9.64 Å². The van der Waals surface area contributed by atoms with Crippen LogP contribution >= 0.6 is 11.6 Å². The quantitative estimate of drug-likeness (QED) is 0.133. The Balaban J connectivity index is 1.51. The fourth-order valence-corrected chi connectivity index (χ4v) is 4.78. The first-order valence-corrected chi connectivity index (χ1v) is 12.2. The molecule has 0 spiro atoms. The van der Waals surface area contributed by atoms with Gasteiger partial charge in [0.25, 0.3) is 23.4 Å². The minimum absolute atomic E-state index is 0.0340. The Hall–Kier alpha value is -4.24. The number of nitro groups is 1. The van der Waals surface area contributed by atoms with Gasteiger partial charge in [0.15, 0.2) is 0 Å². The summed E-state index contributed by atoms with van der Waals surface area (Å²) in [7, 11) is 0. The Morgan fingerprint density at radius 3 is 2.22 bits per heavy atom. The third-order valence-electron chi connectivity index (χ3n) is 6.55. The predicted molar refractivity (Wildman–Crippen MR) is 136 cm³/mol. The van der Waals surface area contributed by atoms with E-state index in [1.807, 2.05) is 0 Å². The van der Waals surface area contributed by atoms with Crippen molar-refractivity contribution < 1.29 is 24.0 Å². The Morgan fingerprint density at radius 2 is 1.57 bits per heavy atom. The molecule has 3 amide bonds. The van der Waals surface area contributed by atoms with E-state index in [1.54, 1.807) is 48.5 Å². The summed E-state index contributed by atoms with van der Waals surface area (Å²) in [6, 6.07) is 15.6. The molecule has 0 radical (unpaired) electrons. The highest BCUT2D eigenvalue weighted by atomic mass is 35.5. The topological polar surface area (TPSA) is 110 Å². The Labute approximate surface area is 217 Å². The van der Waals surface area contributed by atoms with Crippen molar-refractivity contribution in [3.63, 3.8) is 0 Å². The van der Waals surface area contributed by atoms with Crippen LogP contribution in [0.25, 0.3) is 0 Å². The molecule has 0 N–H and O–H groups in total. The maximum atomic E-state index is 13.5. The summed E-state index contributed by atoms with van der Waals surface area (Å²) in [4.78, 5) is 53.1. The first-order valence-electron chi connectivity index (χ1n) is 11.8. The van der Waals surface area contributed by atoms with E-state index in [-0.39, 0.29) is 16.8 Å². The summed E-state index contributed by atoms with van der Waals surface area (Å²) in [5.41, 5.74) is 0.901. The molecule has 10 heteroatoms. The molecule has 1 fully saturated rings. The molecule has 0 saturated carbocycles. The lowest BCUT2D eigenvalue weighted by atomic mass is 9.86. The molecule has 188 valence electrons. The number of amides is 3. The number of β-lactam (4-membered cyclic amide) rings is 1. The van der Waals surface area contributed by atoms with Gasteiger partial charge in [0, 0.05) is 22.8 Å². The predicted octanol–water partition coefficient (Wildman–Crippen LogP) is 5.18. The molecule has 9 nitrogen and oxygen atoms in total. The maximum Gasteiger partial charge on any atom is 0.270 e. The van der Waals surface area contributed by atoms with Crippen molar-refractivity contribution in [3.05, 3.63) is 98.6 Å². The average Bonchev–Trinajstić information content (AvgIpc) is 3.13. The smallest absolute Gasteiger partial charge is 0.270 e. The van der Waals surface area contributed by atoms with Gasteiger partial charge in [-0.15, -0.1) is 0 Å². The second-order valence-electron chi connectivity index (χ2n) is 8.81. The first-order chi connectivity index (χ1) is 17.8. The first kappa shape index (κ1) is 24.5. The van der Waals surface area contributed by atoms with Gasteiger partial charge in [0.05, 0.1) is 28.7 Å². The molecule has 2 heterocycles. The molecular weight excluding hydrogens is 498 g/mol. The van der Waals surface area contributed by atoms with E-state index in [2.05, 4.69) is 6.92 Å². The van der Waals surface area contributed by atoms with E-state index < -0.39 is 34.7 Å². The molecule has 0 aliphatic carbocycles. The number of ether oxygens (including phenoxy) is 1. The number of rotatable bonds is 8. The number of hydrogen-bond donors (Lipinski definition) is 0. The van der Waals surface area contributed by atoms with Crippen molar-refractivity contribution in [2.75, 3.05) is 11.5 Å². The third-order valence-corrected chi connectivity index (χ3v) is 6.80. The van der Waals surface area contributed by atoms with Crippen molar-refractivity contribution >= 4 is 40.7 Å². The highest BCUT2D eigenvalue weighted by molar-refractivity contribution is 6.30. The van der Waals surface area contributed by atoms with Crippen LogP contribution in [0.15, 0.2) is 66.7 Å². The van der Waals surface area contributed by atoms with Crippen molar-refractivity contribution in [3.8, 4) is 5.75 Å². The van der Waals surface area contributed by atoms with Gasteiger partial charge in [-0.25, -0.2) is 0 Å². The number of imide groups is 1. The highest BCUT2D eigenvalue weighted by Gasteiger charge is 2.57. The summed E-state index contributed by atoms with van der Waals surface area (Å²) in [5, 5.41) is 11.7. The van der Waals surface area contributed by atoms with Gasteiger partial charge in [0.1, 0.15) is 11.8 Å². The summed E-state index contributed by atoms with van der Waals surface area (Å²) in [5.74, 6) is -1.17. The zero-order valence-electron chi connectivity index (χ0n) is 19.8. The number of hydrogen-bond acceptors (Lipinski definition) is 6. The van der Waals surface area contributed by atoms with Crippen LogP contribution in [0.1, 0.15) is 52.1 Å². The summed E-state index contributed by atoms with van der Waals surface area (Å²) in [6.07, 6.45) is 1.92. The molecule has 2 aliphatic heterocycles. The molecular formula is C27H22ClN3O6. The normalized spacial score (nSPS) is 18.6. The highest BCUT2D eigenvalue weighted by Crippen LogP contribution is 2.45. The van der Waals surface area contributed by atoms with Gasteiger partial charge in [-0.2, -0.15) is 0 Å². The molecule has 37 heavy (non-hydrogen) atoms. The maximum absolute atomic E-state index is 13.5. The summed E-state index contributed by atoms with van der Waals surface area (Å²) >= 11 is 6.03. The Bertz CT molecular complexity index is 1410. The van der Waals surface area contributed by atoms with Crippen LogP contribution in [-0.4, -0.2) is 40.2 Å². The molecule has 3 aromatic rings. The second-order valence-corrected chi connectivity index (χ2v) is 9.25. The van der Waals surface area contributed by atoms with Gasteiger partial charge in [-0.05, 0) is 54.4 Å². The SMILES string of the molecule is CCCCOc1ccc([C@@H]2[C@@H](N3C(=O)c4ccc([N+](=O)[O-])cc4C3=O)C(=O)N2c2ccc(Cl)cc2)cc1. The third kappa shape index (κ3) is 4.21. The van der Waals surface area contributed by atoms with Crippen LogP contribution in [0.4, 0.5) is 11.4 Å². The molecule has 0 unspecified atom stereocenters. The number of nitrogens with zero attached hydrogens (tertiary/aromatic N) is 3. The number of benzene rings is 3. The number of carbonyl (C=O) groups excluding carboxylic acids is 3. The van der Waals surface area contributed by atoms with E-state index in [1.165, 1.54) is 17.0 Å². The van der Waals surface area contributed by atoms with E-state index in [0.717, 1.165) is 23.8 Å². The molecule has 5 rings (SSSR count). The van der Waals surface area contributed by atoms with Crippen molar-refractivity contribution in [2.45, 2.75) is 31.8 Å². The number of unbranched alkanes of at least 4 members (excludes halogenated alkanes) is 1. The number of fused-ring (bicyclic) bond motifs is 1. The molecule has 2 aliphatic rings. The van der Waals surface area contributed by atoms with E-state index in [0.29, 0.717) is 28.6 Å². The van der Waals surface area contributed by atoms with Gasteiger partial charge in [0.2, 0.25) is 0 Å². The van der Waals surface area contributed by atoms with Crippen LogP contribution in [0, 0.1) is 10.1 Å². The lowest BCUT2D eigenvalue weighted by Gasteiger charge is -2.49. The number of nitro benzene ring substituents is 1. The van der Waals surface area contributed by atoms with E-state index in [9.17, 15) is 24.5 Å². The van der Waals surface area contributed by atoms with Gasteiger partial charge < -0.3 is 9.64 Å². The largest absolute Gasteiger partial charge is 0.494 e. The standard InChI is InChI=1S/C27H22ClN3O6/c1-2-3-14-37-20-11-4-16(5-12-20)23-24(27(34)29(23)18-8-6-17(28)7-9-18)30-25(32)21-13-10-19(31(35)36)15-22(21)26(30)33/h4-13,15,23-24H,2-3,14H2,1H3/t23-,24-/m1/s1. The average molecular weight is 520 g/mol. The summed E-state index contributed by atoms with van der Waals surface area (Å²) in [6.45, 7) is 2.65. The molecule has 0 bridgehead atoms. The monoisotopic (exact) mass is 519 g/mol. The Kier molecular flexibility index (Phi) is 6.39. The molecule has 1 saturated heterocycles.